The van der Waals surface area contributed by atoms with Crippen LogP contribution in [0.4, 0.5) is 4.39 Å². The van der Waals surface area contributed by atoms with E-state index < -0.39 is 5.82 Å². The summed E-state index contributed by atoms with van der Waals surface area (Å²) >= 11 is 0. The molecule has 1 amide bonds. The monoisotopic (exact) mass is 277 g/mol. The molecule has 108 valence electrons. The minimum absolute atomic E-state index is 0.0613. The SMILES string of the molecule is CCCN(C(=O)c1ccc(F)cc1C#CCO)C(C)C. The van der Waals surface area contributed by atoms with Crippen LogP contribution in [0.3, 0.4) is 0 Å². The third-order valence-corrected chi connectivity index (χ3v) is 2.86. The van der Waals surface area contributed by atoms with Gasteiger partial charge in [-0.3, -0.25) is 4.79 Å². The van der Waals surface area contributed by atoms with Gasteiger partial charge in [0.1, 0.15) is 12.4 Å². The van der Waals surface area contributed by atoms with Crippen LogP contribution < -0.4 is 0 Å². The van der Waals surface area contributed by atoms with Crippen molar-refractivity contribution in [2.45, 2.75) is 33.2 Å². The average Bonchev–Trinajstić information content (AvgIpc) is 2.41. The minimum atomic E-state index is -0.449. The highest BCUT2D eigenvalue weighted by Crippen LogP contribution is 2.15. The maximum atomic E-state index is 13.3. The second-order valence-corrected chi connectivity index (χ2v) is 4.74. The van der Waals surface area contributed by atoms with Crippen LogP contribution in [0.5, 0.6) is 0 Å². The first-order chi connectivity index (χ1) is 9.51. The molecular weight excluding hydrogens is 257 g/mol. The van der Waals surface area contributed by atoms with E-state index in [9.17, 15) is 9.18 Å². The van der Waals surface area contributed by atoms with E-state index in [1.807, 2.05) is 20.8 Å². The summed E-state index contributed by atoms with van der Waals surface area (Å²) in [7, 11) is 0. The predicted molar refractivity (Wildman–Crippen MR) is 76.8 cm³/mol. The fourth-order valence-electron chi connectivity index (χ4n) is 1.93. The first-order valence-corrected chi connectivity index (χ1v) is 6.71. The largest absolute Gasteiger partial charge is 0.384 e. The number of carbonyl (C=O) groups excluding carboxylic acids is 1. The van der Waals surface area contributed by atoms with Crippen LogP contribution in [0.25, 0.3) is 0 Å². The molecule has 0 saturated carbocycles. The van der Waals surface area contributed by atoms with Crippen LogP contribution in [0, 0.1) is 17.7 Å². The summed E-state index contributed by atoms with van der Waals surface area (Å²) in [6.07, 6.45) is 0.850. The van der Waals surface area contributed by atoms with Gasteiger partial charge in [0.25, 0.3) is 5.91 Å². The maximum absolute atomic E-state index is 13.3. The van der Waals surface area contributed by atoms with E-state index in [0.717, 1.165) is 6.42 Å². The number of halogens is 1. The van der Waals surface area contributed by atoms with Crippen molar-refractivity contribution in [3.63, 3.8) is 0 Å². The topological polar surface area (TPSA) is 40.5 Å². The van der Waals surface area contributed by atoms with Crippen molar-refractivity contribution >= 4 is 5.91 Å². The lowest BCUT2D eigenvalue weighted by Crippen LogP contribution is -2.37. The smallest absolute Gasteiger partial charge is 0.255 e. The fraction of sp³-hybridized carbons (Fsp3) is 0.438. The van der Waals surface area contributed by atoms with Crippen molar-refractivity contribution < 1.29 is 14.3 Å². The van der Waals surface area contributed by atoms with E-state index in [1.54, 1.807) is 4.90 Å². The normalized spacial score (nSPS) is 10.1. The molecule has 0 spiro atoms. The molecule has 3 nitrogen and oxygen atoms in total. The number of amides is 1. The molecule has 1 N–H and O–H groups in total. The molecule has 0 aliphatic rings. The van der Waals surface area contributed by atoms with Gasteiger partial charge in [0.2, 0.25) is 0 Å². The molecule has 0 aromatic heterocycles. The summed E-state index contributed by atoms with van der Waals surface area (Å²) in [6, 6.07) is 3.98. The summed E-state index contributed by atoms with van der Waals surface area (Å²) in [5, 5.41) is 8.75. The summed E-state index contributed by atoms with van der Waals surface area (Å²) < 4.78 is 13.3. The molecule has 1 aromatic carbocycles. The molecule has 0 atom stereocenters. The number of benzene rings is 1. The Bertz CT molecular complexity index is 529. The van der Waals surface area contributed by atoms with Gasteiger partial charge in [-0.05, 0) is 38.5 Å². The molecule has 1 aromatic rings. The Morgan fingerprint density at radius 2 is 2.15 bits per heavy atom. The van der Waals surface area contributed by atoms with Crippen LogP contribution in [0.1, 0.15) is 43.1 Å². The fourth-order valence-corrected chi connectivity index (χ4v) is 1.93. The van der Waals surface area contributed by atoms with Gasteiger partial charge >= 0.3 is 0 Å². The van der Waals surface area contributed by atoms with Crippen LogP contribution in [-0.2, 0) is 0 Å². The second-order valence-electron chi connectivity index (χ2n) is 4.74. The number of aliphatic hydroxyl groups is 1. The zero-order chi connectivity index (χ0) is 15.1. The Kier molecular flexibility index (Phi) is 6.20. The van der Waals surface area contributed by atoms with Gasteiger partial charge < -0.3 is 10.0 Å². The van der Waals surface area contributed by atoms with E-state index in [0.29, 0.717) is 17.7 Å². The Balaban J connectivity index is 3.20. The lowest BCUT2D eigenvalue weighted by Gasteiger charge is -2.26. The molecule has 1 rings (SSSR count). The van der Waals surface area contributed by atoms with Crippen molar-refractivity contribution in [3.05, 3.63) is 35.1 Å². The van der Waals surface area contributed by atoms with Crippen molar-refractivity contribution in [1.82, 2.24) is 4.90 Å². The van der Waals surface area contributed by atoms with Gasteiger partial charge in [-0.15, -0.1) is 0 Å². The first kappa shape index (κ1) is 16.2. The second kappa shape index (κ2) is 7.66. The quantitative estimate of drug-likeness (QED) is 0.859. The Labute approximate surface area is 119 Å². The number of carbonyl (C=O) groups is 1. The molecule has 0 fully saturated rings. The maximum Gasteiger partial charge on any atom is 0.255 e. The number of hydrogen-bond acceptors (Lipinski definition) is 2. The standard InChI is InChI=1S/C16H20FNO2/c1-4-9-18(12(2)3)16(20)15-8-7-14(17)11-13(15)6-5-10-19/h7-8,11-12,19H,4,9-10H2,1-3H3. The minimum Gasteiger partial charge on any atom is -0.384 e. The summed E-state index contributed by atoms with van der Waals surface area (Å²) in [4.78, 5) is 14.3. The Hall–Kier alpha value is -1.86. The van der Waals surface area contributed by atoms with Crippen LogP contribution in [-0.4, -0.2) is 35.1 Å². The third kappa shape index (κ3) is 4.07. The average molecular weight is 277 g/mol. The van der Waals surface area contributed by atoms with Crippen molar-refractivity contribution in [1.29, 1.82) is 0 Å². The van der Waals surface area contributed by atoms with Gasteiger partial charge in [0.05, 0.1) is 5.56 Å². The Morgan fingerprint density at radius 3 is 2.70 bits per heavy atom. The highest BCUT2D eigenvalue weighted by atomic mass is 19.1. The highest BCUT2D eigenvalue weighted by Gasteiger charge is 2.20. The summed E-state index contributed by atoms with van der Waals surface area (Å²) in [5.74, 6) is 4.48. The number of hydrogen-bond donors (Lipinski definition) is 1. The lowest BCUT2D eigenvalue weighted by atomic mass is 10.1. The third-order valence-electron chi connectivity index (χ3n) is 2.86. The van der Waals surface area contributed by atoms with E-state index in [-0.39, 0.29) is 18.6 Å². The molecule has 0 saturated heterocycles. The van der Waals surface area contributed by atoms with Crippen LogP contribution in [0.15, 0.2) is 18.2 Å². The molecule has 4 heteroatoms. The summed E-state index contributed by atoms with van der Waals surface area (Å²) in [5.41, 5.74) is 0.681. The predicted octanol–water partition coefficient (Wildman–Crippen LogP) is 2.43. The van der Waals surface area contributed by atoms with Gasteiger partial charge in [-0.1, -0.05) is 18.8 Å². The molecule has 0 heterocycles. The lowest BCUT2D eigenvalue weighted by molar-refractivity contribution is 0.0705. The van der Waals surface area contributed by atoms with Gasteiger partial charge in [0.15, 0.2) is 0 Å². The Morgan fingerprint density at radius 1 is 1.45 bits per heavy atom. The summed E-state index contributed by atoms with van der Waals surface area (Å²) in [6.45, 7) is 6.19. The molecule has 0 aliphatic heterocycles. The van der Waals surface area contributed by atoms with Crippen LogP contribution in [0.2, 0.25) is 0 Å². The molecule has 0 aliphatic carbocycles. The molecular formula is C16H20FNO2. The number of nitrogens with zero attached hydrogens (tertiary/aromatic N) is 1. The van der Waals surface area contributed by atoms with E-state index in [4.69, 9.17) is 5.11 Å². The van der Waals surface area contributed by atoms with Gasteiger partial charge in [-0.25, -0.2) is 4.39 Å². The van der Waals surface area contributed by atoms with Crippen molar-refractivity contribution in [2.24, 2.45) is 0 Å². The van der Waals surface area contributed by atoms with Crippen molar-refractivity contribution in [3.8, 4) is 11.8 Å². The van der Waals surface area contributed by atoms with Gasteiger partial charge in [-0.2, -0.15) is 0 Å². The highest BCUT2D eigenvalue weighted by molar-refractivity contribution is 5.97. The van der Waals surface area contributed by atoms with E-state index >= 15 is 0 Å². The van der Waals surface area contributed by atoms with E-state index in [1.165, 1.54) is 18.2 Å². The molecule has 0 bridgehead atoms. The first-order valence-electron chi connectivity index (χ1n) is 6.71. The van der Waals surface area contributed by atoms with Gasteiger partial charge in [0, 0.05) is 18.2 Å². The number of aliphatic hydroxyl groups excluding tert-OH is 1. The number of rotatable bonds is 4. The van der Waals surface area contributed by atoms with E-state index in [2.05, 4.69) is 11.8 Å². The zero-order valence-electron chi connectivity index (χ0n) is 12.1. The molecule has 20 heavy (non-hydrogen) atoms. The zero-order valence-corrected chi connectivity index (χ0v) is 12.1. The molecule has 0 radical (unpaired) electrons. The molecule has 0 unspecified atom stereocenters. The van der Waals surface area contributed by atoms with Crippen molar-refractivity contribution in [2.75, 3.05) is 13.2 Å². The van der Waals surface area contributed by atoms with Crippen LogP contribution >= 0.6 is 0 Å².